The molecule has 0 saturated carbocycles. The average molecular weight is 516 g/mol. The number of amides is 1. The molecular weight excluding hydrogens is 498 g/mol. The Morgan fingerprint density at radius 3 is 2.48 bits per heavy atom. The number of benzene rings is 3. The van der Waals surface area contributed by atoms with Gasteiger partial charge < -0.3 is 10.3 Å². The summed E-state index contributed by atoms with van der Waals surface area (Å²) in [6.07, 6.45) is 0. The summed E-state index contributed by atoms with van der Waals surface area (Å²) in [7, 11) is 0. The molecule has 0 radical (unpaired) electrons. The van der Waals surface area contributed by atoms with Crippen LogP contribution in [0.4, 0.5) is 5.69 Å². The van der Waals surface area contributed by atoms with Crippen LogP contribution in [0, 0.1) is 0 Å². The maximum Gasteiger partial charge on any atom is 0.288 e. The Kier molecular flexibility index (Phi) is 5.77. The third kappa shape index (κ3) is 4.44. The van der Waals surface area contributed by atoms with Gasteiger partial charge in [0.2, 0.25) is 0 Å². The van der Waals surface area contributed by atoms with Crippen molar-refractivity contribution in [2.75, 3.05) is 5.32 Å². The largest absolute Gasteiger partial charge is 0.353 e. The number of carbonyl (C=O) groups is 1. The van der Waals surface area contributed by atoms with Gasteiger partial charge in [-0.25, -0.2) is 4.98 Å². The van der Waals surface area contributed by atoms with Crippen LogP contribution in [0.15, 0.2) is 89.4 Å². The van der Waals surface area contributed by atoms with Crippen LogP contribution in [0.5, 0.6) is 0 Å². The first-order valence-electron chi connectivity index (χ1n) is 10.2. The number of aromatic nitrogens is 2. The minimum Gasteiger partial charge on any atom is -0.353 e. The second-order valence-electron chi connectivity index (χ2n) is 7.36. The molecule has 0 bridgehead atoms. The lowest BCUT2D eigenvalue weighted by Gasteiger charge is -2.12. The van der Waals surface area contributed by atoms with Gasteiger partial charge in [0.1, 0.15) is 5.69 Å². The molecule has 1 amide bonds. The minimum atomic E-state index is -0.391. The Labute approximate surface area is 203 Å². The van der Waals surface area contributed by atoms with E-state index < -0.39 is 5.91 Å². The standard InChI is InChI=1S/C25H18BrN5OS/c26-16-9-6-10-17(13-16)27-25(33)31-30-24(32)21-14-19-18-11-4-5-12-20(18)28-23(19)22(29-21)15-7-2-1-3-8-15/h1-14,28H,(H,30,32)(H2,27,31,33). The van der Waals surface area contributed by atoms with Crippen molar-refractivity contribution in [1.82, 2.24) is 20.8 Å². The van der Waals surface area contributed by atoms with Crippen molar-refractivity contribution in [3.8, 4) is 11.3 Å². The highest BCUT2D eigenvalue weighted by Crippen LogP contribution is 2.32. The lowest BCUT2D eigenvalue weighted by Crippen LogP contribution is -2.44. The van der Waals surface area contributed by atoms with E-state index in [-0.39, 0.29) is 10.8 Å². The van der Waals surface area contributed by atoms with Crippen LogP contribution < -0.4 is 16.2 Å². The van der Waals surface area contributed by atoms with E-state index in [2.05, 4.69) is 42.1 Å². The second kappa shape index (κ2) is 9.01. The van der Waals surface area contributed by atoms with Crippen LogP contribution in [0.2, 0.25) is 0 Å². The fraction of sp³-hybridized carbons (Fsp3) is 0. The molecule has 0 aliphatic carbocycles. The van der Waals surface area contributed by atoms with Gasteiger partial charge in [0.05, 0.1) is 11.2 Å². The molecule has 2 heterocycles. The van der Waals surface area contributed by atoms with Crippen LogP contribution in [-0.2, 0) is 0 Å². The summed E-state index contributed by atoms with van der Waals surface area (Å²) in [6, 6.07) is 27.2. The van der Waals surface area contributed by atoms with Crippen LogP contribution in [0.25, 0.3) is 33.1 Å². The molecule has 33 heavy (non-hydrogen) atoms. The number of carbonyl (C=O) groups excluding carboxylic acids is 1. The van der Waals surface area contributed by atoms with Gasteiger partial charge in [-0.05, 0) is 42.5 Å². The van der Waals surface area contributed by atoms with Crippen molar-refractivity contribution in [2.45, 2.75) is 0 Å². The maximum absolute atomic E-state index is 13.0. The third-order valence-electron chi connectivity index (χ3n) is 5.15. The van der Waals surface area contributed by atoms with Crippen LogP contribution >= 0.6 is 28.1 Å². The number of anilines is 1. The predicted molar refractivity (Wildman–Crippen MR) is 140 cm³/mol. The van der Waals surface area contributed by atoms with Crippen LogP contribution in [0.1, 0.15) is 10.5 Å². The molecule has 0 unspecified atom stereocenters. The molecule has 0 aliphatic rings. The Morgan fingerprint density at radius 2 is 1.67 bits per heavy atom. The van der Waals surface area contributed by atoms with Gasteiger partial charge in [0, 0.05) is 32.0 Å². The highest BCUT2D eigenvalue weighted by Gasteiger charge is 2.17. The van der Waals surface area contributed by atoms with Crippen molar-refractivity contribution >= 4 is 66.7 Å². The summed E-state index contributed by atoms with van der Waals surface area (Å²) in [5.74, 6) is -0.391. The predicted octanol–water partition coefficient (Wildman–Crippen LogP) is 5.78. The van der Waals surface area contributed by atoms with Gasteiger partial charge in [0.15, 0.2) is 5.11 Å². The van der Waals surface area contributed by atoms with Crippen molar-refractivity contribution in [2.24, 2.45) is 0 Å². The lowest BCUT2D eigenvalue weighted by molar-refractivity contribution is 0.0939. The smallest absolute Gasteiger partial charge is 0.288 e. The molecule has 3 aromatic carbocycles. The quantitative estimate of drug-likeness (QED) is 0.181. The van der Waals surface area contributed by atoms with Crippen LogP contribution in [0.3, 0.4) is 0 Å². The maximum atomic E-state index is 13.0. The lowest BCUT2D eigenvalue weighted by atomic mass is 10.1. The van der Waals surface area contributed by atoms with E-state index in [0.717, 1.165) is 37.5 Å². The molecule has 0 spiro atoms. The molecular formula is C25H18BrN5OS. The molecule has 8 heteroatoms. The summed E-state index contributed by atoms with van der Waals surface area (Å²) >= 11 is 8.72. The molecule has 0 fully saturated rings. The molecule has 0 saturated heterocycles. The molecule has 2 aromatic heterocycles. The first-order valence-corrected chi connectivity index (χ1v) is 11.4. The number of pyridine rings is 1. The van der Waals surface area contributed by atoms with E-state index in [4.69, 9.17) is 12.2 Å². The zero-order valence-corrected chi connectivity index (χ0v) is 19.6. The second-order valence-corrected chi connectivity index (χ2v) is 8.68. The number of thiocarbonyl (C=S) groups is 1. The number of halogens is 1. The minimum absolute atomic E-state index is 0.262. The molecule has 0 atom stereocenters. The van der Waals surface area contributed by atoms with E-state index in [9.17, 15) is 4.79 Å². The highest BCUT2D eigenvalue weighted by atomic mass is 79.9. The molecule has 4 N–H and O–H groups in total. The SMILES string of the molecule is O=C(NNC(=S)Nc1cccc(Br)c1)c1cc2c([nH]c3ccccc32)c(-c2ccccc2)n1. The number of H-pyrrole nitrogens is 1. The zero-order chi connectivity index (χ0) is 22.8. The number of fused-ring (bicyclic) bond motifs is 3. The number of rotatable bonds is 3. The van der Waals surface area contributed by atoms with E-state index in [1.54, 1.807) is 6.07 Å². The Morgan fingerprint density at radius 1 is 0.879 bits per heavy atom. The Bertz CT molecular complexity index is 1500. The Balaban J connectivity index is 1.45. The number of hydrazine groups is 1. The first kappa shape index (κ1) is 21.1. The van der Waals surface area contributed by atoms with Crippen LogP contribution in [-0.4, -0.2) is 21.0 Å². The van der Waals surface area contributed by atoms with Gasteiger partial charge in [-0.15, -0.1) is 0 Å². The van der Waals surface area contributed by atoms with E-state index in [0.29, 0.717) is 5.69 Å². The fourth-order valence-corrected chi connectivity index (χ4v) is 4.24. The molecule has 5 rings (SSSR count). The molecule has 0 aliphatic heterocycles. The van der Waals surface area contributed by atoms with Crippen molar-refractivity contribution in [1.29, 1.82) is 0 Å². The van der Waals surface area contributed by atoms with Gasteiger partial charge in [-0.2, -0.15) is 0 Å². The van der Waals surface area contributed by atoms with Gasteiger partial charge in [-0.1, -0.05) is 70.5 Å². The zero-order valence-electron chi connectivity index (χ0n) is 17.2. The number of nitrogens with one attached hydrogen (secondary N) is 4. The molecule has 5 aromatic rings. The fourth-order valence-electron chi connectivity index (χ4n) is 3.67. The molecule has 162 valence electrons. The normalized spacial score (nSPS) is 10.8. The number of para-hydroxylation sites is 1. The van der Waals surface area contributed by atoms with Gasteiger partial charge >= 0.3 is 0 Å². The number of hydrogen-bond donors (Lipinski definition) is 4. The topological polar surface area (TPSA) is 81.8 Å². The summed E-state index contributed by atoms with van der Waals surface area (Å²) < 4.78 is 0.920. The number of hydrogen-bond acceptors (Lipinski definition) is 3. The summed E-state index contributed by atoms with van der Waals surface area (Å²) in [5.41, 5.74) is 9.97. The third-order valence-corrected chi connectivity index (χ3v) is 5.85. The Hall–Kier alpha value is -3.75. The van der Waals surface area contributed by atoms with Crippen molar-refractivity contribution in [3.63, 3.8) is 0 Å². The number of nitrogens with zero attached hydrogens (tertiary/aromatic N) is 1. The first-order chi connectivity index (χ1) is 16.1. The van der Waals surface area contributed by atoms with E-state index in [1.165, 1.54) is 0 Å². The average Bonchev–Trinajstić information content (AvgIpc) is 3.21. The highest BCUT2D eigenvalue weighted by molar-refractivity contribution is 9.10. The van der Waals surface area contributed by atoms with E-state index in [1.807, 2.05) is 78.9 Å². The summed E-state index contributed by atoms with van der Waals surface area (Å²) in [6.45, 7) is 0. The van der Waals surface area contributed by atoms with Gasteiger partial charge in [-0.3, -0.25) is 15.6 Å². The summed E-state index contributed by atoms with van der Waals surface area (Å²) in [5, 5.41) is 5.25. The van der Waals surface area contributed by atoms with Crippen molar-refractivity contribution in [3.05, 3.63) is 95.1 Å². The van der Waals surface area contributed by atoms with E-state index >= 15 is 0 Å². The monoisotopic (exact) mass is 515 g/mol. The molecule has 6 nitrogen and oxygen atoms in total. The summed E-state index contributed by atoms with van der Waals surface area (Å²) in [4.78, 5) is 21.1. The number of aromatic amines is 1. The van der Waals surface area contributed by atoms with Crippen molar-refractivity contribution < 1.29 is 4.79 Å². The van der Waals surface area contributed by atoms with Gasteiger partial charge in [0.25, 0.3) is 5.91 Å².